The maximum Gasteiger partial charge on any atom is 0.266 e. The van der Waals surface area contributed by atoms with Crippen molar-refractivity contribution in [3.8, 4) is 28.8 Å². The Labute approximate surface area is 216 Å². The number of fused-ring (bicyclic) bond motifs is 1. The summed E-state index contributed by atoms with van der Waals surface area (Å²) >= 11 is 0. The zero-order valence-corrected chi connectivity index (χ0v) is 20.4. The van der Waals surface area contributed by atoms with Crippen LogP contribution < -0.4 is 21.3 Å². The minimum absolute atomic E-state index is 0.0230. The van der Waals surface area contributed by atoms with Crippen molar-refractivity contribution < 1.29 is 9.13 Å². The van der Waals surface area contributed by atoms with E-state index in [9.17, 15) is 14.4 Å². The number of halogens is 1. The number of methoxy groups -OCH3 is 1. The first-order chi connectivity index (χ1) is 18.4. The van der Waals surface area contributed by atoms with Gasteiger partial charge in [0.25, 0.3) is 5.56 Å². The van der Waals surface area contributed by atoms with Crippen LogP contribution in [-0.4, -0.2) is 31.6 Å². The van der Waals surface area contributed by atoms with Gasteiger partial charge in [-0.3, -0.25) is 9.36 Å². The molecule has 3 aromatic heterocycles. The van der Waals surface area contributed by atoms with Crippen molar-refractivity contribution in [2.24, 2.45) is 0 Å². The van der Waals surface area contributed by atoms with Crippen LogP contribution in [0.1, 0.15) is 24.4 Å². The Bertz CT molecular complexity index is 1780. The molecule has 0 aliphatic heterocycles. The molecule has 1 unspecified atom stereocenters. The number of hydrogen-bond donors (Lipinski definition) is 2. The molecule has 0 amide bonds. The van der Waals surface area contributed by atoms with E-state index in [1.165, 1.54) is 36.1 Å². The highest BCUT2D eigenvalue weighted by molar-refractivity contribution is 5.94. The number of rotatable bonds is 6. The SMILES string of the molecule is COc1cc(-c2cccc3nc(C(C)Nc4nc(N)ncc4C#N)n(-c4cccc(F)c4)c(=O)c23)ccn1. The number of anilines is 2. The Balaban J connectivity index is 1.76. The van der Waals surface area contributed by atoms with Crippen molar-refractivity contribution in [2.45, 2.75) is 13.0 Å². The predicted molar refractivity (Wildman–Crippen MR) is 140 cm³/mol. The molecule has 188 valence electrons. The number of nitriles is 1. The molecule has 5 rings (SSSR count). The summed E-state index contributed by atoms with van der Waals surface area (Å²) in [4.78, 5) is 31.1. The Morgan fingerprint density at radius 1 is 1.13 bits per heavy atom. The van der Waals surface area contributed by atoms with Crippen molar-refractivity contribution in [3.63, 3.8) is 0 Å². The lowest BCUT2D eigenvalue weighted by Crippen LogP contribution is -2.28. The number of hydrogen-bond acceptors (Lipinski definition) is 9. The lowest BCUT2D eigenvalue weighted by Gasteiger charge is -2.21. The lowest BCUT2D eigenvalue weighted by atomic mass is 10.0. The lowest BCUT2D eigenvalue weighted by molar-refractivity contribution is 0.398. The van der Waals surface area contributed by atoms with E-state index in [-0.39, 0.29) is 28.8 Å². The fourth-order valence-electron chi connectivity index (χ4n) is 4.19. The average molecular weight is 509 g/mol. The van der Waals surface area contributed by atoms with E-state index in [0.717, 1.165) is 0 Å². The quantitative estimate of drug-likeness (QED) is 0.347. The number of nitrogens with zero attached hydrogens (tertiary/aromatic N) is 6. The van der Waals surface area contributed by atoms with Crippen LogP contribution in [-0.2, 0) is 0 Å². The van der Waals surface area contributed by atoms with E-state index < -0.39 is 17.4 Å². The Morgan fingerprint density at radius 3 is 2.71 bits per heavy atom. The van der Waals surface area contributed by atoms with Gasteiger partial charge in [0, 0.05) is 12.3 Å². The second-order valence-electron chi connectivity index (χ2n) is 8.35. The summed E-state index contributed by atoms with van der Waals surface area (Å²) in [5.74, 6) is 0.322. The van der Waals surface area contributed by atoms with Crippen molar-refractivity contribution >= 4 is 22.7 Å². The third kappa shape index (κ3) is 4.46. The molecule has 0 fully saturated rings. The van der Waals surface area contributed by atoms with Gasteiger partial charge >= 0.3 is 0 Å². The average Bonchev–Trinajstić information content (AvgIpc) is 2.92. The van der Waals surface area contributed by atoms with E-state index in [2.05, 4.69) is 20.3 Å². The fraction of sp³-hybridized carbons (Fsp3) is 0.111. The van der Waals surface area contributed by atoms with Gasteiger partial charge in [0.05, 0.1) is 35.9 Å². The minimum Gasteiger partial charge on any atom is -0.481 e. The van der Waals surface area contributed by atoms with Crippen LogP contribution in [0, 0.1) is 17.1 Å². The molecule has 5 aromatic rings. The molecule has 0 bridgehead atoms. The van der Waals surface area contributed by atoms with E-state index in [1.807, 2.05) is 6.07 Å². The molecule has 11 heteroatoms. The molecular weight excluding hydrogens is 487 g/mol. The molecule has 38 heavy (non-hydrogen) atoms. The summed E-state index contributed by atoms with van der Waals surface area (Å²) in [6, 6.07) is 15.9. The fourth-order valence-corrected chi connectivity index (χ4v) is 4.19. The second-order valence-corrected chi connectivity index (χ2v) is 8.35. The van der Waals surface area contributed by atoms with Crippen molar-refractivity contribution in [1.82, 2.24) is 24.5 Å². The van der Waals surface area contributed by atoms with Crippen molar-refractivity contribution in [2.75, 3.05) is 18.2 Å². The summed E-state index contributed by atoms with van der Waals surface area (Å²) in [6.07, 6.45) is 2.90. The molecule has 10 nitrogen and oxygen atoms in total. The molecule has 0 aliphatic rings. The normalized spacial score (nSPS) is 11.6. The minimum atomic E-state index is -0.651. The van der Waals surface area contributed by atoms with Crippen molar-refractivity contribution in [1.29, 1.82) is 5.26 Å². The molecule has 3 heterocycles. The van der Waals surface area contributed by atoms with Crippen LogP contribution in [0.4, 0.5) is 16.2 Å². The summed E-state index contributed by atoms with van der Waals surface area (Å²) in [5, 5.41) is 12.9. The van der Waals surface area contributed by atoms with Crippen molar-refractivity contribution in [3.05, 3.63) is 94.5 Å². The van der Waals surface area contributed by atoms with Crippen LogP contribution in [0.25, 0.3) is 27.7 Å². The highest BCUT2D eigenvalue weighted by atomic mass is 19.1. The maximum atomic E-state index is 14.3. The highest BCUT2D eigenvalue weighted by Crippen LogP contribution is 2.30. The van der Waals surface area contributed by atoms with Crippen LogP contribution >= 0.6 is 0 Å². The Kier molecular flexibility index (Phi) is 6.37. The van der Waals surface area contributed by atoms with E-state index in [4.69, 9.17) is 15.5 Å². The smallest absolute Gasteiger partial charge is 0.266 e. The van der Waals surface area contributed by atoms with Gasteiger partial charge < -0.3 is 15.8 Å². The number of nitrogen functional groups attached to an aromatic ring is 1. The number of aromatic nitrogens is 5. The Hall–Kier alpha value is -5.37. The molecule has 0 saturated carbocycles. The number of ether oxygens (including phenoxy) is 1. The maximum absolute atomic E-state index is 14.3. The first kappa shape index (κ1) is 24.3. The predicted octanol–water partition coefficient (Wildman–Crippen LogP) is 4.01. The topological polar surface area (TPSA) is 145 Å². The van der Waals surface area contributed by atoms with Crippen LogP contribution in [0.2, 0.25) is 0 Å². The highest BCUT2D eigenvalue weighted by Gasteiger charge is 2.22. The standard InChI is InChI=1S/C27H21FN8O2/c1-15(33-24-17(13-29)14-32-27(30)35-24)25-34-21-8-4-7-20(16-9-10-31-22(11-16)38-2)23(21)26(37)36(25)19-6-3-5-18(28)12-19/h3-12,14-15H,1-2H3,(H3,30,32,33,35). The number of pyridine rings is 1. The molecule has 0 aliphatic carbocycles. The van der Waals surface area contributed by atoms with Crippen LogP contribution in [0.5, 0.6) is 5.88 Å². The summed E-state index contributed by atoms with van der Waals surface area (Å²) in [6.45, 7) is 1.75. The van der Waals surface area contributed by atoms with Gasteiger partial charge in [-0.15, -0.1) is 0 Å². The van der Waals surface area contributed by atoms with Gasteiger partial charge in [0.1, 0.15) is 29.1 Å². The van der Waals surface area contributed by atoms with Gasteiger partial charge in [-0.05, 0) is 48.4 Å². The van der Waals surface area contributed by atoms with Gasteiger partial charge in [-0.1, -0.05) is 18.2 Å². The summed E-state index contributed by atoms with van der Waals surface area (Å²) < 4.78 is 20.9. The molecule has 1 atom stereocenters. The van der Waals surface area contributed by atoms with Gasteiger partial charge in [-0.2, -0.15) is 10.2 Å². The molecule has 0 saturated heterocycles. The zero-order chi connectivity index (χ0) is 26.8. The van der Waals surface area contributed by atoms with Gasteiger partial charge in [0.2, 0.25) is 11.8 Å². The summed E-state index contributed by atoms with van der Waals surface area (Å²) in [5.41, 5.74) is 7.54. The third-order valence-corrected chi connectivity index (χ3v) is 5.91. The molecule has 0 radical (unpaired) electrons. The van der Waals surface area contributed by atoms with E-state index in [1.54, 1.807) is 49.5 Å². The summed E-state index contributed by atoms with van der Waals surface area (Å²) in [7, 11) is 1.51. The van der Waals surface area contributed by atoms with E-state index >= 15 is 0 Å². The first-order valence-corrected chi connectivity index (χ1v) is 11.5. The molecule has 0 spiro atoms. The third-order valence-electron chi connectivity index (χ3n) is 5.91. The molecular formula is C27H21FN8O2. The largest absolute Gasteiger partial charge is 0.481 e. The monoisotopic (exact) mass is 508 g/mol. The van der Waals surface area contributed by atoms with E-state index in [0.29, 0.717) is 27.9 Å². The Morgan fingerprint density at radius 2 is 1.95 bits per heavy atom. The second kappa shape index (κ2) is 9.94. The van der Waals surface area contributed by atoms with Crippen LogP contribution in [0.15, 0.2) is 71.8 Å². The van der Waals surface area contributed by atoms with Gasteiger partial charge in [-0.25, -0.2) is 19.3 Å². The first-order valence-electron chi connectivity index (χ1n) is 11.5. The zero-order valence-electron chi connectivity index (χ0n) is 20.4. The molecule has 3 N–H and O–H groups in total. The number of benzene rings is 2. The number of nitrogens with two attached hydrogens (primary N) is 1. The molecule has 2 aromatic carbocycles. The van der Waals surface area contributed by atoms with Gasteiger partial charge in [0.15, 0.2) is 0 Å². The van der Waals surface area contributed by atoms with Crippen LogP contribution in [0.3, 0.4) is 0 Å². The number of nitrogens with one attached hydrogen (secondary N) is 1.